The van der Waals surface area contributed by atoms with Crippen LogP contribution in [0.2, 0.25) is 0 Å². The van der Waals surface area contributed by atoms with E-state index in [0.717, 1.165) is 25.1 Å². The molecule has 0 spiro atoms. The van der Waals surface area contributed by atoms with Crippen molar-refractivity contribution in [1.29, 1.82) is 5.26 Å². The van der Waals surface area contributed by atoms with Gasteiger partial charge in [-0.15, -0.1) is 5.10 Å². The highest BCUT2D eigenvalue weighted by Crippen LogP contribution is 2.07. The summed E-state index contributed by atoms with van der Waals surface area (Å²) in [7, 11) is 0. The van der Waals surface area contributed by atoms with Crippen molar-refractivity contribution in [2.75, 3.05) is 0 Å². The molecule has 0 atom stereocenters. The molecule has 0 aliphatic heterocycles. The summed E-state index contributed by atoms with van der Waals surface area (Å²) in [6.07, 6.45) is 5.67. The Kier molecular flexibility index (Phi) is 4.82. The highest BCUT2D eigenvalue weighted by Gasteiger charge is 2.09. The van der Waals surface area contributed by atoms with Crippen molar-refractivity contribution >= 4 is 0 Å². The molecule has 1 aromatic rings. The van der Waals surface area contributed by atoms with E-state index in [1.54, 1.807) is 0 Å². The van der Waals surface area contributed by atoms with Crippen LogP contribution in [0.3, 0.4) is 0 Å². The summed E-state index contributed by atoms with van der Waals surface area (Å²) in [6.45, 7) is 5.11. The van der Waals surface area contributed by atoms with Crippen LogP contribution in [0.5, 0.6) is 0 Å². The van der Waals surface area contributed by atoms with Crippen LogP contribution < -0.4 is 0 Å². The molecule has 0 radical (unpaired) electrons. The third-order valence-electron chi connectivity index (χ3n) is 2.50. The zero-order chi connectivity index (χ0) is 11.1. The molecule has 0 saturated heterocycles. The summed E-state index contributed by atoms with van der Waals surface area (Å²) in [4.78, 5) is 0. The Labute approximate surface area is 90.9 Å². The summed E-state index contributed by atoms with van der Waals surface area (Å²) in [6, 6.07) is 2.07. The first kappa shape index (κ1) is 11.7. The number of nitriles is 1. The fraction of sp³-hybridized carbons (Fsp3) is 0.727. The van der Waals surface area contributed by atoms with E-state index in [2.05, 4.69) is 23.3 Å². The fourth-order valence-corrected chi connectivity index (χ4v) is 1.64. The maximum absolute atomic E-state index is 8.81. The van der Waals surface area contributed by atoms with Crippen LogP contribution in [0.15, 0.2) is 0 Å². The largest absolute Gasteiger partial charge is 0.248 e. The van der Waals surface area contributed by atoms with Crippen LogP contribution in [0.25, 0.3) is 0 Å². The molecule has 82 valence electrons. The van der Waals surface area contributed by atoms with Gasteiger partial charge < -0.3 is 0 Å². The van der Waals surface area contributed by atoms with Crippen molar-refractivity contribution in [2.45, 2.75) is 52.5 Å². The first-order valence-corrected chi connectivity index (χ1v) is 5.65. The van der Waals surface area contributed by atoms with Crippen molar-refractivity contribution in [1.82, 2.24) is 15.0 Å². The third kappa shape index (κ3) is 3.05. The molecule has 1 aromatic heterocycles. The number of aryl methyl sites for hydroxylation is 1. The van der Waals surface area contributed by atoms with Crippen LogP contribution >= 0.6 is 0 Å². The zero-order valence-corrected chi connectivity index (χ0v) is 9.53. The summed E-state index contributed by atoms with van der Waals surface area (Å²) in [5.41, 5.74) is 1.45. The molecule has 0 aliphatic rings. The van der Waals surface area contributed by atoms with Gasteiger partial charge in [-0.3, -0.25) is 0 Å². The van der Waals surface area contributed by atoms with Gasteiger partial charge in [-0.05, 0) is 12.8 Å². The molecule has 0 aliphatic carbocycles. The number of hydrogen-bond donors (Lipinski definition) is 0. The molecule has 4 heteroatoms. The molecule has 0 amide bonds. The second kappa shape index (κ2) is 6.18. The summed E-state index contributed by atoms with van der Waals surface area (Å²) in [5.74, 6) is 0. The normalized spacial score (nSPS) is 10.2. The van der Waals surface area contributed by atoms with Gasteiger partial charge in [-0.1, -0.05) is 38.3 Å². The second-order valence-corrected chi connectivity index (χ2v) is 3.63. The summed E-state index contributed by atoms with van der Waals surface area (Å²) >= 11 is 0. The predicted molar refractivity (Wildman–Crippen MR) is 58.3 cm³/mol. The monoisotopic (exact) mass is 206 g/mol. The first-order valence-electron chi connectivity index (χ1n) is 5.65. The minimum Gasteiger partial charge on any atom is -0.248 e. The molecule has 0 bridgehead atoms. The number of aromatic nitrogens is 3. The van der Waals surface area contributed by atoms with Crippen molar-refractivity contribution in [3.63, 3.8) is 0 Å². The van der Waals surface area contributed by atoms with Gasteiger partial charge >= 0.3 is 0 Å². The Morgan fingerprint density at radius 1 is 1.27 bits per heavy atom. The fourth-order valence-electron chi connectivity index (χ4n) is 1.64. The van der Waals surface area contributed by atoms with Gasteiger partial charge in [-0.2, -0.15) is 5.26 Å². The Morgan fingerprint density at radius 2 is 2.07 bits per heavy atom. The number of unbranched alkanes of at least 4 members (excludes halogenated alkanes) is 3. The number of rotatable bonds is 6. The van der Waals surface area contributed by atoms with Gasteiger partial charge in [0, 0.05) is 6.54 Å². The molecule has 4 nitrogen and oxygen atoms in total. The third-order valence-corrected chi connectivity index (χ3v) is 2.50. The Morgan fingerprint density at radius 3 is 2.67 bits per heavy atom. The van der Waals surface area contributed by atoms with E-state index in [0.29, 0.717) is 5.69 Å². The van der Waals surface area contributed by atoms with Gasteiger partial charge in [0.15, 0.2) is 5.69 Å². The lowest BCUT2D eigenvalue weighted by Crippen LogP contribution is -2.05. The van der Waals surface area contributed by atoms with Crippen LogP contribution in [0.4, 0.5) is 0 Å². The van der Waals surface area contributed by atoms with E-state index in [4.69, 9.17) is 5.26 Å². The maximum atomic E-state index is 8.81. The van der Waals surface area contributed by atoms with Crippen molar-refractivity contribution in [3.05, 3.63) is 11.4 Å². The van der Waals surface area contributed by atoms with E-state index >= 15 is 0 Å². The average molecular weight is 206 g/mol. The number of hydrogen-bond acceptors (Lipinski definition) is 3. The molecule has 0 saturated carbocycles. The highest BCUT2D eigenvalue weighted by molar-refractivity contribution is 5.24. The molecule has 15 heavy (non-hydrogen) atoms. The molecule has 0 N–H and O–H groups in total. The summed E-state index contributed by atoms with van der Waals surface area (Å²) < 4.78 is 1.87. The van der Waals surface area contributed by atoms with Gasteiger partial charge in [0.2, 0.25) is 0 Å². The van der Waals surface area contributed by atoms with Gasteiger partial charge in [-0.25, -0.2) is 4.68 Å². The van der Waals surface area contributed by atoms with E-state index in [1.165, 1.54) is 19.3 Å². The van der Waals surface area contributed by atoms with Crippen molar-refractivity contribution in [3.8, 4) is 6.07 Å². The predicted octanol–water partition coefficient (Wildman–Crippen LogP) is 2.29. The average Bonchev–Trinajstić information content (AvgIpc) is 2.66. The Bertz CT molecular complexity index is 335. The lowest BCUT2D eigenvalue weighted by atomic mass is 10.2. The molecular weight excluding hydrogens is 188 g/mol. The van der Waals surface area contributed by atoms with E-state index in [-0.39, 0.29) is 0 Å². The zero-order valence-electron chi connectivity index (χ0n) is 9.53. The maximum Gasteiger partial charge on any atom is 0.185 e. The van der Waals surface area contributed by atoms with E-state index in [9.17, 15) is 0 Å². The van der Waals surface area contributed by atoms with E-state index < -0.39 is 0 Å². The second-order valence-electron chi connectivity index (χ2n) is 3.63. The molecule has 1 heterocycles. The molecule has 1 rings (SSSR count). The van der Waals surface area contributed by atoms with Crippen molar-refractivity contribution in [2.24, 2.45) is 0 Å². The standard InChI is InChI=1S/C11H18N4/c1-3-5-6-7-8-15-11(4-2)10(9-12)13-14-15/h3-8H2,1-2H3. The topological polar surface area (TPSA) is 54.5 Å². The van der Waals surface area contributed by atoms with E-state index in [1.807, 2.05) is 11.6 Å². The number of nitrogens with zero attached hydrogens (tertiary/aromatic N) is 4. The minimum atomic E-state index is 0.480. The minimum absolute atomic E-state index is 0.480. The van der Waals surface area contributed by atoms with Crippen molar-refractivity contribution < 1.29 is 0 Å². The van der Waals surface area contributed by atoms with Crippen LogP contribution in [0, 0.1) is 11.3 Å². The Balaban J connectivity index is 2.54. The molecular formula is C11H18N4. The van der Waals surface area contributed by atoms with Gasteiger partial charge in [0.05, 0.1) is 5.69 Å². The van der Waals surface area contributed by atoms with Crippen LogP contribution in [-0.2, 0) is 13.0 Å². The smallest absolute Gasteiger partial charge is 0.185 e. The molecule has 0 aromatic carbocycles. The Hall–Kier alpha value is -1.37. The highest BCUT2D eigenvalue weighted by atomic mass is 15.4. The van der Waals surface area contributed by atoms with Gasteiger partial charge in [0.1, 0.15) is 6.07 Å². The molecule has 0 unspecified atom stereocenters. The van der Waals surface area contributed by atoms with Gasteiger partial charge in [0.25, 0.3) is 0 Å². The molecule has 0 fully saturated rings. The lowest BCUT2D eigenvalue weighted by Gasteiger charge is -2.03. The summed E-state index contributed by atoms with van der Waals surface area (Å²) in [5, 5.41) is 16.7. The SMILES string of the molecule is CCCCCCn1nnc(C#N)c1CC. The lowest BCUT2D eigenvalue weighted by molar-refractivity contribution is 0.513. The first-order chi connectivity index (χ1) is 7.33. The van der Waals surface area contributed by atoms with Crippen LogP contribution in [-0.4, -0.2) is 15.0 Å². The van der Waals surface area contributed by atoms with Crippen LogP contribution in [0.1, 0.15) is 50.9 Å². The quantitative estimate of drug-likeness (QED) is 0.671.